The van der Waals surface area contributed by atoms with E-state index >= 15 is 0 Å². The smallest absolute Gasteiger partial charge is 0.262 e. The molecule has 6 nitrogen and oxygen atoms in total. The van der Waals surface area contributed by atoms with Crippen molar-refractivity contribution in [3.63, 3.8) is 0 Å². The zero-order valence-electron chi connectivity index (χ0n) is 10.5. The number of hydrogen-bond acceptors (Lipinski definition) is 5. The Morgan fingerprint density at radius 1 is 1.24 bits per heavy atom. The van der Waals surface area contributed by atoms with Gasteiger partial charge in [0, 0.05) is 5.02 Å². The number of nitrogens with zero attached hydrogens (tertiary/aromatic N) is 1. The molecule has 0 aliphatic rings. The summed E-state index contributed by atoms with van der Waals surface area (Å²) in [5, 5.41) is 18.6. The lowest BCUT2D eigenvalue weighted by Gasteiger charge is -2.10. The highest BCUT2D eigenvalue weighted by atomic mass is 35.5. The number of nitrogens with two attached hydrogens (primary N) is 1. The summed E-state index contributed by atoms with van der Waals surface area (Å²) < 4.78 is 26.8. The minimum absolute atomic E-state index is 0.0653. The minimum Gasteiger partial charge on any atom is -0.506 e. The monoisotopic (exact) mass is 323 g/mol. The number of halogens is 1. The number of sulfonamides is 1. The van der Waals surface area contributed by atoms with Gasteiger partial charge < -0.3 is 10.8 Å². The standard InChI is InChI=1S/C13H10ClN3O3S/c14-9-2-1-8(7-15)12(5-9)17-21(19,20)10-3-4-13(18)11(16)6-10/h1-6,17-18H,16H2. The summed E-state index contributed by atoms with van der Waals surface area (Å²) >= 11 is 5.80. The highest BCUT2D eigenvalue weighted by molar-refractivity contribution is 7.92. The van der Waals surface area contributed by atoms with Gasteiger partial charge in [-0.05, 0) is 36.4 Å². The maximum absolute atomic E-state index is 12.2. The second kappa shape index (κ2) is 5.52. The number of anilines is 2. The van der Waals surface area contributed by atoms with E-state index in [1.165, 1.54) is 30.3 Å². The van der Waals surface area contributed by atoms with E-state index < -0.39 is 10.0 Å². The molecule has 0 unspecified atom stereocenters. The van der Waals surface area contributed by atoms with E-state index in [9.17, 15) is 13.5 Å². The lowest BCUT2D eigenvalue weighted by Crippen LogP contribution is -2.14. The zero-order valence-corrected chi connectivity index (χ0v) is 12.1. The van der Waals surface area contributed by atoms with E-state index in [0.29, 0.717) is 0 Å². The summed E-state index contributed by atoms with van der Waals surface area (Å²) in [7, 11) is -3.95. The van der Waals surface area contributed by atoms with Gasteiger partial charge >= 0.3 is 0 Å². The molecule has 108 valence electrons. The Morgan fingerprint density at radius 3 is 2.57 bits per heavy atom. The fourth-order valence-electron chi connectivity index (χ4n) is 1.60. The molecule has 2 aromatic carbocycles. The molecular weight excluding hydrogens is 314 g/mol. The second-order valence-corrected chi connectivity index (χ2v) is 6.25. The number of hydrogen-bond donors (Lipinski definition) is 3. The van der Waals surface area contributed by atoms with Gasteiger partial charge in [0.2, 0.25) is 0 Å². The van der Waals surface area contributed by atoms with Gasteiger partial charge in [-0.2, -0.15) is 5.26 Å². The van der Waals surface area contributed by atoms with Gasteiger partial charge in [0.1, 0.15) is 11.8 Å². The van der Waals surface area contributed by atoms with E-state index in [1.54, 1.807) is 0 Å². The van der Waals surface area contributed by atoms with Gasteiger partial charge in [0.15, 0.2) is 0 Å². The quantitative estimate of drug-likeness (QED) is 0.592. The Hall–Kier alpha value is -2.43. The molecule has 0 heterocycles. The number of aromatic hydroxyl groups is 1. The van der Waals surface area contributed by atoms with Crippen molar-refractivity contribution >= 4 is 33.0 Å². The summed E-state index contributed by atoms with van der Waals surface area (Å²) in [6.07, 6.45) is 0. The van der Waals surface area contributed by atoms with Gasteiger partial charge in [-0.3, -0.25) is 4.72 Å². The van der Waals surface area contributed by atoms with Crippen molar-refractivity contribution in [3.8, 4) is 11.8 Å². The largest absolute Gasteiger partial charge is 0.506 e. The van der Waals surface area contributed by atoms with E-state index in [4.69, 9.17) is 22.6 Å². The van der Waals surface area contributed by atoms with Gasteiger partial charge in [-0.15, -0.1) is 0 Å². The van der Waals surface area contributed by atoms with Crippen molar-refractivity contribution in [2.45, 2.75) is 4.90 Å². The third kappa shape index (κ3) is 3.18. The molecule has 0 amide bonds. The zero-order chi connectivity index (χ0) is 15.6. The first-order valence-corrected chi connectivity index (χ1v) is 7.50. The minimum atomic E-state index is -3.95. The number of benzene rings is 2. The van der Waals surface area contributed by atoms with E-state index in [2.05, 4.69) is 4.72 Å². The molecular formula is C13H10ClN3O3S. The first-order chi connectivity index (χ1) is 9.83. The molecule has 0 saturated heterocycles. The van der Waals surface area contributed by atoms with Crippen LogP contribution in [0.15, 0.2) is 41.3 Å². The van der Waals surface area contributed by atoms with Crippen LogP contribution in [0.3, 0.4) is 0 Å². The summed E-state index contributed by atoms with van der Waals surface area (Å²) in [5.41, 5.74) is 5.61. The molecule has 0 aliphatic carbocycles. The van der Waals surface area contributed by atoms with Crippen LogP contribution in [0.5, 0.6) is 5.75 Å². The van der Waals surface area contributed by atoms with Crippen LogP contribution in [0, 0.1) is 11.3 Å². The molecule has 0 aromatic heterocycles. The van der Waals surface area contributed by atoms with Crippen LogP contribution in [0.25, 0.3) is 0 Å². The van der Waals surface area contributed by atoms with Crippen LogP contribution < -0.4 is 10.5 Å². The topological polar surface area (TPSA) is 116 Å². The SMILES string of the molecule is N#Cc1ccc(Cl)cc1NS(=O)(=O)c1ccc(O)c(N)c1. The normalized spacial score (nSPS) is 10.9. The summed E-state index contributed by atoms with van der Waals surface area (Å²) in [6.45, 7) is 0. The number of nitriles is 1. The predicted molar refractivity (Wildman–Crippen MR) is 79.5 cm³/mol. The Labute approximate surface area is 126 Å². The third-order valence-electron chi connectivity index (χ3n) is 2.66. The lowest BCUT2D eigenvalue weighted by molar-refractivity contribution is 0.477. The average molecular weight is 324 g/mol. The predicted octanol–water partition coefficient (Wildman–Crippen LogP) is 2.30. The molecule has 0 saturated carbocycles. The van der Waals surface area contributed by atoms with Crippen LogP contribution in [0.4, 0.5) is 11.4 Å². The number of rotatable bonds is 3. The molecule has 21 heavy (non-hydrogen) atoms. The van der Waals surface area contributed by atoms with Crippen molar-refractivity contribution in [2.24, 2.45) is 0 Å². The molecule has 0 fully saturated rings. The molecule has 0 aliphatic heterocycles. The van der Waals surface area contributed by atoms with Crippen LogP contribution in [0.2, 0.25) is 5.02 Å². The Balaban J connectivity index is 2.45. The number of nitrogen functional groups attached to an aromatic ring is 1. The first-order valence-electron chi connectivity index (χ1n) is 5.64. The summed E-state index contributed by atoms with van der Waals surface area (Å²) in [5.74, 6) is -0.214. The number of phenolic OH excluding ortho intramolecular Hbond substituents is 1. The molecule has 4 N–H and O–H groups in total. The molecule has 2 aromatic rings. The number of nitrogens with one attached hydrogen (secondary N) is 1. The van der Waals surface area contributed by atoms with Crippen molar-refractivity contribution in [1.82, 2.24) is 0 Å². The van der Waals surface area contributed by atoms with Crippen molar-refractivity contribution in [1.29, 1.82) is 5.26 Å². The molecule has 0 radical (unpaired) electrons. The van der Waals surface area contributed by atoms with Gasteiger partial charge in [0.05, 0.1) is 21.8 Å². The molecule has 0 bridgehead atoms. The molecule has 2 rings (SSSR count). The lowest BCUT2D eigenvalue weighted by atomic mass is 10.2. The highest BCUT2D eigenvalue weighted by Gasteiger charge is 2.17. The second-order valence-electron chi connectivity index (χ2n) is 4.13. The van der Waals surface area contributed by atoms with Gasteiger partial charge in [0.25, 0.3) is 10.0 Å². The fourth-order valence-corrected chi connectivity index (χ4v) is 2.88. The van der Waals surface area contributed by atoms with Crippen LogP contribution >= 0.6 is 11.6 Å². The maximum atomic E-state index is 12.2. The van der Waals surface area contributed by atoms with E-state index in [1.807, 2.05) is 6.07 Å². The first kappa shape index (κ1) is 15.0. The Kier molecular flexibility index (Phi) is 3.93. The molecule has 0 atom stereocenters. The summed E-state index contributed by atoms with van der Waals surface area (Å²) in [4.78, 5) is -0.137. The number of phenols is 1. The van der Waals surface area contributed by atoms with Crippen molar-refractivity contribution in [2.75, 3.05) is 10.5 Å². The summed E-state index contributed by atoms with van der Waals surface area (Å²) in [6, 6.07) is 9.58. The Morgan fingerprint density at radius 2 is 1.95 bits per heavy atom. The van der Waals surface area contributed by atoms with Crippen LogP contribution in [0.1, 0.15) is 5.56 Å². The highest BCUT2D eigenvalue weighted by Crippen LogP contribution is 2.27. The van der Waals surface area contributed by atoms with Gasteiger partial charge in [-0.1, -0.05) is 11.6 Å². The third-order valence-corrected chi connectivity index (χ3v) is 4.25. The molecule has 8 heteroatoms. The van der Waals surface area contributed by atoms with Crippen LogP contribution in [-0.4, -0.2) is 13.5 Å². The van der Waals surface area contributed by atoms with E-state index in [-0.39, 0.29) is 32.6 Å². The Bertz CT molecular complexity index is 844. The average Bonchev–Trinajstić information content (AvgIpc) is 2.41. The van der Waals surface area contributed by atoms with Gasteiger partial charge in [-0.25, -0.2) is 8.42 Å². The maximum Gasteiger partial charge on any atom is 0.262 e. The van der Waals surface area contributed by atoms with Crippen molar-refractivity contribution < 1.29 is 13.5 Å². The van der Waals surface area contributed by atoms with Crippen LogP contribution in [-0.2, 0) is 10.0 Å². The van der Waals surface area contributed by atoms with E-state index in [0.717, 1.165) is 6.07 Å². The van der Waals surface area contributed by atoms with Crippen molar-refractivity contribution in [3.05, 3.63) is 47.0 Å². The fraction of sp³-hybridized carbons (Fsp3) is 0. The molecule has 0 spiro atoms.